The Kier molecular flexibility index (Phi) is 3.92. The fourth-order valence-electron chi connectivity index (χ4n) is 1.39. The van der Waals surface area contributed by atoms with Gasteiger partial charge < -0.3 is 5.11 Å². The maximum atomic E-state index is 11.0. The zero-order valence-corrected chi connectivity index (χ0v) is 9.29. The van der Waals surface area contributed by atoms with E-state index in [0.29, 0.717) is 11.4 Å². The van der Waals surface area contributed by atoms with Crippen molar-refractivity contribution in [2.24, 2.45) is 0 Å². The largest absolute Gasteiger partial charge is 0.481 e. The second kappa shape index (κ2) is 4.99. The summed E-state index contributed by atoms with van der Waals surface area (Å²) < 4.78 is 0. The molecule has 1 rings (SSSR count). The molecule has 1 aromatic carbocycles. The zero-order valence-electron chi connectivity index (χ0n) is 8.53. The Bertz CT molecular complexity index is 368. The van der Waals surface area contributed by atoms with Crippen molar-refractivity contribution in [1.29, 1.82) is 0 Å². The minimum Gasteiger partial charge on any atom is -0.481 e. The standard InChI is InChI=1S/C12H13ClO2/c1-8(2)7-11(12(14)15)9-3-5-10(13)6-4-9/h3-6,11H,1,7H2,2H3,(H,14,15). The minimum atomic E-state index is -0.833. The lowest BCUT2D eigenvalue weighted by Gasteiger charge is -2.12. The molecule has 1 N–H and O–H groups in total. The second-order valence-electron chi connectivity index (χ2n) is 3.60. The highest BCUT2D eigenvalue weighted by molar-refractivity contribution is 6.30. The molecule has 15 heavy (non-hydrogen) atoms. The Hall–Kier alpha value is -1.28. The molecular weight excluding hydrogens is 212 g/mol. The summed E-state index contributed by atoms with van der Waals surface area (Å²) in [6.45, 7) is 5.56. The smallest absolute Gasteiger partial charge is 0.311 e. The molecule has 80 valence electrons. The van der Waals surface area contributed by atoms with E-state index in [-0.39, 0.29) is 0 Å². The summed E-state index contributed by atoms with van der Waals surface area (Å²) in [4.78, 5) is 11.0. The van der Waals surface area contributed by atoms with Gasteiger partial charge in [-0.1, -0.05) is 29.3 Å². The summed E-state index contributed by atoms with van der Waals surface area (Å²) in [6.07, 6.45) is 0.455. The summed E-state index contributed by atoms with van der Waals surface area (Å²) in [5.41, 5.74) is 1.62. The third-order valence-electron chi connectivity index (χ3n) is 2.12. The number of hydrogen-bond acceptors (Lipinski definition) is 1. The molecule has 1 aromatic rings. The first kappa shape index (κ1) is 11.8. The fourth-order valence-corrected chi connectivity index (χ4v) is 1.52. The van der Waals surface area contributed by atoms with Gasteiger partial charge in [0.05, 0.1) is 5.92 Å². The molecule has 0 spiro atoms. The Morgan fingerprint density at radius 3 is 2.40 bits per heavy atom. The van der Waals surface area contributed by atoms with Crippen LogP contribution in [0.2, 0.25) is 5.02 Å². The molecule has 0 saturated carbocycles. The van der Waals surface area contributed by atoms with Crippen molar-refractivity contribution in [3.63, 3.8) is 0 Å². The van der Waals surface area contributed by atoms with Gasteiger partial charge in [0.2, 0.25) is 0 Å². The number of hydrogen-bond donors (Lipinski definition) is 1. The highest BCUT2D eigenvalue weighted by Crippen LogP contribution is 2.24. The lowest BCUT2D eigenvalue weighted by molar-refractivity contribution is -0.138. The first-order chi connectivity index (χ1) is 7.00. The van der Waals surface area contributed by atoms with Gasteiger partial charge in [0.25, 0.3) is 0 Å². The van der Waals surface area contributed by atoms with Crippen molar-refractivity contribution < 1.29 is 9.90 Å². The van der Waals surface area contributed by atoms with Gasteiger partial charge in [-0.15, -0.1) is 6.58 Å². The average molecular weight is 225 g/mol. The topological polar surface area (TPSA) is 37.3 Å². The van der Waals surface area contributed by atoms with Gasteiger partial charge in [0, 0.05) is 5.02 Å². The predicted molar refractivity (Wildman–Crippen MR) is 61.3 cm³/mol. The molecule has 0 amide bonds. The van der Waals surface area contributed by atoms with Crippen molar-refractivity contribution in [3.8, 4) is 0 Å². The number of benzene rings is 1. The van der Waals surface area contributed by atoms with Crippen LogP contribution in [0.5, 0.6) is 0 Å². The Labute approximate surface area is 94.2 Å². The summed E-state index contributed by atoms with van der Waals surface area (Å²) >= 11 is 5.74. The van der Waals surface area contributed by atoms with E-state index in [9.17, 15) is 4.79 Å². The number of allylic oxidation sites excluding steroid dienone is 1. The number of rotatable bonds is 4. The van der Waals surface area contributed by atoms with E-state index in [2.05, 4.69) is 6.58 Å². The number of carboxylic acid groups (broad SMARTS) is 1. The van der Waals surface area contributed by atoms with Crippen LogP contribution in [0.25, 0.3) is 0 Å². The fraction of sp³-hybridized carbons (Fsp3) is 0.250. The second-order valence-corrected chi connectivity index (χ2v) is 4.04. The van der Waals surface area contributed by atoms with Crippen molar-refractivity contribution >= 4 is 17.6 Å². The molecule has 0 aliphatic carbocycles. The first-order valence-electron chi connectivity index (χ1n) is 4.63. The number of carbonyl (C=O) groups is 1. The zero-order chi connectivity index (χ0) is 11.4. The van der Waals surface area contributed by atoms with E-state index in [4.69, 9.17) is 16.7 Å². The summed E-state index contributed by atoms with van der Waals surface area (Å²) in [6, 6.07) is 6.88. The number of aliphatic carboxylic acids is 1. The molecule has 0 fully saturated rings. The lowest BCUT2D eigenvalue weighted by atomic mass is 9.93. The maximum Gasteiger partial charge on any atom is 0.311 e. The van der Waals surface area contributed by atoms with Crippen LogP contribution in [0.3, 0.4) is 0 Å². The van der Waals surface area contributed by atoms with Gasteiger partial charge in [-0.25, -0.2) is 0 Å². The molecule has 2 nitrogen and oxygen atoms in total. The molecule has 0 heterocycles. The van der Waals surface area contributed by atoms with Gasteiger partial charge in [-0.05, 0) is 31.0 Å². The third kappa shape index (κ3) is 3.40. The van der Waals surface area contributed by atoms with Gasteiger partial charge >= 0.3 is 5.97 Å². The SMILES string of the molecule is C=C(C)CC(C(=O)O)c1ccc(Cl)cc1. The van der Waals surface area contributed by atoms with E-state index in [1.165, 1.54) is 0 Å². The maximum absolute atomic E-state index is 11.0. The van der Waals surface area contributed by atoms with Crippen molar-refractivity contribution in [3.05, 3.63) is 47.0 Å². The molecule has 3 heteroatoms. The number of halogens is 1. The minimum absolute atomic E-state index is 0.455. The Balaban J connectivity index is 2.94. The average Bonchev–Trinajstić information content (AvgIpc) is 2.15. The molecule has 1 unspecified atom stereocenters. The molecule has 1 atom stereocenters. The Morgan fingerprint density at radius 2 is 2.00 bits per heavy atom. The van der Waals surface area contributed by atoms with Gasteiger partial charge in [0.1, 0.15) is 0 Å². The normalized spacial score (nSPS) is 12.1. The molecule has 0 aliphatic rings. The van der Waals surface area contributed by atoms with Crippen LogP contribution in [-0.4, -0.2) is 11.1 Å². The van der Waals surface area contributed by atoms with Crippen LogP contribution in [0.1, 0.15) is 24.8 Å². The summed E-state index contributed by atoms with van der Waals surface area (Å²) in [7, 11) is 0. The van der Waals surface area contributed by atoms with Crippen LogP contribution in [0.4, 0.5) is 0 Å². The van der Waals surface area contributed by atoms with Crippen LogP contribution in [-0.2, 0) is 4.79 Å². The highest BCUT2D eigenvalue weighted by Gasteiger charge is 2.19. The van der Waals surface area contributed by atoms with Crippen molar-refractivity contribution in [2.45, 2.75) is 19.3 Å². The van der Waals surface area contributed by atoms with Crippen LogP contribution in [0.15, 0.2) is 36.4 Å². The van der Waals surface area contributed by atoms with Crippen LogP contribution >= 0.6 is 11.6 Å². The third-order valence-corrected chi connectivity index (χ3v) is 2.38. The molecule has 0 aromatic heterocycles. The quantitative estimate of drug-likeness (QED) is 0.796. The summed E-state index contributed by atoms with van der Waals surface area (Å²) in [5, 5.41) is 9.68. The number of carboxylic acids is 1. The Morgan fingerprint density at radius 1 is 1.47 bits per heavy atom. The monoisotopic (exact) mass is 224 g/mol. The van der Waals surface area contributed by atoms with E-state index in [1.807, 2.05) is 6.92 Å². The molecular formula is C12H13ClO2. The highest BCUT2D eigenvalue weighted by atomic mass is 35.5. The van der Waals surface area contributed by atoms with E-state index in [1.54, 1.807) is 24.3 Å². The summed E-state index contributed by atoms with van der Waals surface area (Å²) in [5.74, 6) is -1.36. The molecule has 0 saturated heterocycles. The van der Waals surface area contributed by atoms with Crippen LogP contribution in [0, 0.1) is 0 Å². The molecule has 0 radical (unpaired) electrons. The van der Waals surface area contributed by atoms with Crippen LogP contribution < -0.4 is 0 Å². The molecule has 0 aliphatic heterocycles. The van der Waals surface area contributed by atoms with Crippen molar-refractivity contribution in [2.75, 3.05) is 0 Å². The lowest BCUT2D eigenvalue weighted by Crippen LogP contribution is -2.11. The first-order valence-corrected chi connectivity index (χ1v) is 5.01. The molecule has 0 bridgehead atoms. The van der Waals surface area contributed by atoms with Crippen molar-refractivity contribution in [1.82, 2.24) is 0 Å². The van der Waals surface area contributed by atoms with E-state index < -0.39 is 11.9 Å². The van der Waals surface area contributed by atoms with Gasteiger partial charge in [0.15, 0.2) is 0 Å². The predicted octanol–water partition coefficient (Wildman–Crippen LogP) is 3.47. The van der Waals surface area contributed by atoms with E-state index in [0.717, 1.165) is 11.1 Å². The van der Waals surface area contributed by atoms with E-state index >= 15 is 0 Å². The van der Waals surface area contributed by atoms with Gasteiger partial charge in [-0.2, -0.15) is 0 Å². The van der Waals surface area contributed by atoms with Gasteiger partial charge in [-0.3, -0.25) is 4.79 Å².